The molecule has 1 saturated carbocycles. The van der Waals surface area contributed by atoms with E-state index >= 15 is 0 Å². The molecule has 1 fully saturated rings. The van der Waals surface area contributed by atoms with E-state index in [4.69, 9.17) is 11.6 Å². The molecule has 22 heavy (non-hydrogen) atoms. The Hall–Kier alpha value is -1.11. The third-order valence-corrected chi connectivity index (χ3v) is 6.26. The normalized spacial score (nSPS) is 16.6. The van der Waals surface area contributed by atoms with Crippen molar-refractivity contribution in [2.24, 2.45) is 5.92 Å². The maximum atomic E-state index is 12.4. The van der Waals surface area contributed by atoms with Gasteiger partial charge in [0.25, 0.3) is 0 Å². The monoisotopic (exact) mass is 344 g/mol. The lowest BCUT2D eigenvalue weighted by atomic mass is 10.2. The maximum absolute atomic E-state index is 12.4. The van der Waals surface area contributed by atoms with Crippen molar-refractivity contribution in [1.29, 1.82) is 0 Å². The number of hydrogen-bond acceptors (Lipinski definition) is 3. The van der Waals surface area contributed by atoms with Crippen LogP contribution in [-0.4, -0.2) is 50.2 Å². The van der Waals surface area contributed by atoms with Crippen molar-refractivity contribution in [3.05, 3.63) is 29.3 Å². The van der Waals surface area contributed by atoms with Gasteiger partial charge in [-0.1, -0.05) is 11.6 Å². The van der Waals surface area contributed by atoms with Crippen LogP contribution in [0.15, 0.2) is 29.2 Å². The molecule has 0 aliphatic heterocycles. The second kappa shape index (κ2) is 6.56. The molecular formula is C15H21ClN2O3S. The summed E-state index contributed by atoms with van der Waals surface area (Å²) in [5.74, 6) is 0.353. The summed E-state index contributed by atoms with van der Waals surface area (Å²) in [6.07, 6.45) is 2.27. The Morgan fingerprint density at radius 1 is 1.27 bits per heavy atom. The number of halogens is 1. The average Bonchev–Trinajstić information content (AvgIpc) is 3.30. The van der Waals surface area contributed by atoms with Crippen molar-refractivity contribution in [3.63, 3.8) is 0 Å². The Morgan fingerprint density at radius 2 is 1.82 bits per heavy atom. The van der Waals surface area contributed by atoms with Crippen molar-refractivity contribution < 1.29 is 13.2 Å². The highest BCUT2D eigenvalue weighted by Gasteiger charge is 2.33. The third kappa shape index (κ3) is 3.80. The summed E-state index contributed by atoms with van der Waals surface area (Å²) < 4.78 is 25.9. The number of carbonyl (C=O) groups is 1. The second-order valence-electron chi connectivity index (χ2n) is 5.80. The molecule has 2 rings (SSSR count). The van der Waals surface area contributed by atoms with E-state index in [0.717, 1.165) is 17.1 Å². The van der Waals surface area contributed by atoms with Crippen molar-refractivity contribution in [3.8, 4) is 0 Å². The molecule has 1 aliphatic carbocycles. The lowest BCUT2D eigenvalue weighted by Crippen LogP contribution is -2.43. The number of likely N-dealkylation sites (N-methyl/N-ethyl adjacent to an activating group) is 2. The minimum absolute atomic E-state index is 0.130. The fourth-order valence-corrected chi connectivity index (χ4v) is 3.54. The molecule has 1 unspecified atom stereocenters. The quantitative estimate of drug-likeness (QED) is 0.795. The molecule has 0 N–H and O–H groups in total. The second-order valence-corrected chi connectivity index (χ2v) is 8.28. The SMILES string of the molecule is CC(C1CC1)N(C)C(=O)CN(C)S(=O)(=O)c1ccc(Cl)cc1. The topological polar surface area (TPSA) is 57.7 Å². The van der Waals surface area contributed by atoms with Gasteiger partial charge in [-0.05, 0) is 49.9 Å². The van der Waals surface area contributed by atoms with Crippen molar-refractivity contribution in [2.45, 2.75) is 30.7 Å². The van der Waals surface area contributed by atoms with Crippen LogP contribution in [0, 0.1) is 5.92 Å². The molecule has 0 saturated heterocycles. The zero-order chi connectivity index (χ0) is 16.5. The fourth-order valence-electron chi connectivity index (χ4n) is 2.30. The van der Waals surface area contributed by atoms with Crippen LogP contribution in [0.25, 0.3) is 0 Å². The maximum Gasteiger partial charge on any atom is 0.243 e. The zero-order valence-electron chi connectivity index (χ0n) is 13.0. The average molecular weight is 345 g/mol. The number of benzene rings is 1. The standard InChI is InChI=1S/C15H21ClN2O3S/c1-11(12-4-5-12)18(3)15(19)10-17(2)22(20,21)14-8-6-13(16)7-9-14/h6-9,11-12H,4-5,10H2,1-3H3. The summed E-state index contributed by atoms with van der Waals surface area (Å²) in [4.78, 5) is 14.0. The van der Waals surface area contributed by atoms with Gasteiger partial charge in [0.1, 0.15) is 0 Å². The van der Waals surface area contributed by atoms with Crippen LogP contribution in [0.2, 0.25) is 5.02 Å². The first-order valence-electron chi connectivity index (χ1n) is 7.21. The first kappa shape index (κ1) is 17.2. The van der Waals surface area contributed by atoms with E-state index in [-0.39, 0.29) is 23.4 Å². The number of rotatable bonds is 6. The van der Waals surface area contributed by atoms with Gasteiger partial charge in [-0.25, -0.2) is 8.42 Å². The summed E-state index contributed by atoms with van der Waals surface area (Å²) in [5.41, 5.74) is 0. The van der Waals surface area contributed by atoms with Crippen LogP contribution >= 0.6 is 11.6 Å². The molecule has 1 aromatic rings. The smallest absolute Gasteiger partial charge is 0.243 e. The predicted octanol–water partition coefficient (Wildman–Crippen LogP) is 2.22. The molecule has 0 radical (unpaired) electrons. The van der Waals surface area contributed by atoms with Crippen molar-refractivity contribution in [2.75, 3.05) is 20.6 Å². The van der Waals surface area contributed by atoms with E-state index in [1.807, 2.05) is 6.92 Å². The Bertz CT molecular complexity index is 641. The van der Waals surface area contributed by atoms with Gasteiger partial charge < -0.3 is 4.90 Å². The summed E-state index contributed by atoms with van der Waals surface area (Å²) in [5, 5.41) is 0.468. The Balaban J connectivity index is 2.05. The Labute approximate surface area is 136 Å². The lowest BCUT2D eigenvalue weighted by molar-refractivity contribution is -0.132. The molecule has 5 nitrogen and oxygen atoms in total. The van der Waals surface area contributed by atoms with Crippen LogP contribution in [-0.2, 0) is 14.8 Å². The molecule has 122 valence electrons. The van der Waals surface area contributed by atoms with Crippen LogP contribution in [0.4, 0.5) is 0 Å². The fraction of sp³-hybridized carbons (Fsp3) is 0.533. The van der Waals surface area contributed by atoms with Crippen LogP contribution in [0.5, 0.6) is 0 Å². The van der Waals surface area contributed by atoms with Crippen molar-refractivity contribution in [1.82, 2.24) is 9.21 Å². The van der Waals surface area contributed by atoms with E-state index in [9.17, 15) is 13.2 Å². The highest BCUT2D eigenvalue weighted by molar-refractivity contribution is 7.89. The van der Waals surface area contributed by atoms with Gasteiger partial charge in [0.15, 0.2) is 0 Å². The first-order chi connectivity index (χ1) is 10.2. The number of carbonyl (C=O) groups excluding carboxylic acids is 1. The third-order valence-electron chi connectivity index (χ3n) is 4.19. The van der Waals surface area contributed by atoms with E-state index in [1.165, 1.54) is 31.3 Å². The van der Waals surface area contributed by atoms with Gasteiger partial charge in [0.2, 0.25) is 15.9 Å². The molecule has 1 aromatic carbocycles. The molecular weight excluding hydrogens is 324 g/mol. The lowest BCUT2D eigenvalue weighted by Gasteiger charge is -2.27. The zero-order valence-corrected chi connectivity index (χ0v) is 14.6. The van der Waals surface area contributed by atoms with Gasteiger partial charge in [0.05, 0.1) is 11.4 Å². The van der Waals surface area contributed by atoms with Crippen LogP contribution < -0.4 is 0 Å². The van der Waals surface area contributed by atoms with Gasteiger partial charge in [0, 0.05) is 25.2 Å². The number of nitrogens with zero attached hydrogens (tertiary/aromatic N) is 2. The van der Waals surface area contributed by atoms with Gasteiger partial charge >= 0.3 is 0 Å². The largest absolute Gasteiger partial charge is 0.342 e. The highest BCUT2D eigenvalue weighted by atomic mass is 35.5. The number of hydrogen-bond donors (Lipinski definition) is 0. The van der Waals surface area contributed by atoms with E-state index in [1.54, 1.807) is 11.9 Å². The summed E-state index contributed by atoms with van der Waals surface area (Å²) in [6, 6.07) is 6.07. The van der Waals surface area contributed by atoms with Crippen molar-refractivity contribution >= 4 is 27.5 Å². The summed E-state index contributed by atoms with van der Waals surface area (Å²) in [7, 11) is -0.543. The molecule has 7 heteroatoms. The molecule has 0 bridgehead atoms. The Morgan fingerprint density at radius 3 is 2.32 bits per heavy atom. The van der Waals surface area contributed by atoms with Crippen LogP contribution in [0.3, 0.4) is 0 Å². The van der Waals surface area contributed by atoms with Gasteiger partial charge in [-0.2, -0.15) is 4.31 Å². The van der Waals surface area contributed by atoms with Crippen LogP contribution in [0.1, 0.15) is 19.8 Å². The number of sulfonamides is 1. The minimum atomic E-state index is -3.69. The summed E-state index contributed by atoms with van der Waals surface area (Å²) in [6.45, 7) is 1.84. The first-order valence-corrected chi connectivity index (χ1v) is 9.03. The predicted molar refractivity (Wildman–Crippen MR) is 86.2 cm³/mol. The molecule has 1 atom stereocenters. The van der Waals surface area contributed by atoms with E-state index in [0.29, 0.717) is 10.9 Å². The minimum Gasteiger partial charge on any atom is -0.342 e. The van der Waals surface area contributed by atoms with E-state index < -0.39 is 10.0 Å². The van der Waals surface area contributed by atoms with E-state index in [2.05, 4.69) is 0 Å². The molecule has 0 spiro atoms. The highest BCUT2D eigenvalue weighted by Crippen LogP contribution is 2.34. The molecule has 1 aliphatic rings. The summed E-state index contributed by atoms with van der Waals surface area (Å²) >= 11 is 5.77. The number of amides is 1. The Kier molecular flexibility index (Phi) is 5.14. The molecule has 1 amide bonds. The molecule has 0 heterocycles. The van der Waals surface area contributed by atoms with Gasteiger partial charge in [-0.15, -0.1) is 0 Å². The molecule has 0 aromatic heterocycles. The van der Waals surface area contributed by atoms with Gasteiger partial charge in [-0.3, -0.25) is 4.79 Å².